The van der Waals surface area contributed by atoms with Gasteiger partial charge in [0.05, 0.1) is 29.2 Å². The van der Waals surface area contributed by atoms with Crippen LogP contribution in [0.15, 0.2) is 98.8 Å². The van der Waals surface area contributed by atoms with E-state index in [9.17, 15) is 14.7 Å². The van der Waals surface area contributed by atoms with Gasteiger partial charge in [0, 0.05) is 22.7 Å². The van der Waals surface area contributed by atoms with Crippen molar-refractivity contribution in [2.45, 2.75) is 27.2 Å². The molecule has 0 amide bonds. The molecule has 2 heterocycles. The molecule has 5 rings (SSSR count). The number of hydrogen-bond acceptors (Lipinski definition) is 7. The maximum absolute atomic E-state index is 13.4. The molecule has 1 aliphatic heterocycles. The maximum atomic E-state index is 13.4. The van der Waals surface area contributed by atoms with E-state index in [-0.39, 0.29) is 29.5 Å². The van der Waals surface area contributed by atoms with E-state index in [1.165, 1.54) is 10.8 Å². The summed E-state index contributed by atoms with van der Waals surface area (Å²) in [5.74, 6) is -0.681. The summed E-state index contributed by atoms with van der Waals surface area (Å²) >= 11 is 0. The number of carbonyl (C=O) groups excluding carboxylic acids is 1. The fraction of sp³-hybridized carbons (Fsp3) is 0.161. The van der Waals surface area contributed by atoms with Crippen LogP contribution < -0.4 is 10.9 Å². The number of aryl methyl sites for hydroxylation is 1. The van der Waals surface area contributed by atoms with Crippen molar-refractivity contribution in [2.24, 2.45) is 9.98 Å². The van der Waals surface area contributed by atoms with E-state index in [1.54, 1.807) is 43.3 Å². The van der Waals surface area contributed by atoms with E-state index in [1.807, 2.05) is 50.2 Å². The van der Waals surface area contributed by atoms with Crippen molar-refractivity contribution in [3.8, 4) is 11.6 Å². The first kappa shape index (κ1) is 25.7. The first-order chi connectivity index (χ1) is 18.9. The summed E-state index contributed by atoms with van der Waals surface area (Å²) in [5, 5.41) is 15.7. The lowest BCUT2D eigenvalue weighted by Gasteiger charge is -2.14. The van der Waals surface area contributed by atoms with E-state index in [4.69, 9.17) is 9.73 Å². The number of amidine groups is 1. The van der Waals surface area contributed by atoms with Gasteiger partial charge in [-0.1, -0.05) is 55.0 Å². The normalized spacial score (nSPS) is 13.2. The molecule has 4 aromatic rings. The monoisotopic (exact) mass is 520 g/mol. The third-order valence-corrected chi connectivity index (χ3v) is 6.49. The Hall–Kier alpha value is -4.98. The first-order valence-corrected chi connectivity index (χ1v) is 12.8. The van der Waals surface area contributed by atoms with E-state index < -0.39 is 5.97 Å². The van der Waals surface area contributed by atoms with Gasteiger partial charge in [-0.05, 0) is 50.6 Å². The molecule has 0 saturated carbocycles. The van der Waals surface area contributed by atoms with E-state index >= 15 is 0 Å². The van der Waals surface area contributed by atoms with Crippen molar-refractivity contribution in [2.75, 3.05) is 11.9 Å². The van der Waals surface area contributed by atoms with Gasteiger partial charge >= 0.3 is 5.97 Å². The molecule has 1 aromatic heterocycles. The summed E-state index contributed by atoms with van der Waals surface area (Å²) in [6.07, 6.45) is 1.95. The van der Waals surface area contributed by atoms with Crippen LogP contribution >= 0.6 is 0 Å². The number of fused-ring (bicyclic) bond motifs is 2. The molecule has 1 aliphatic rings. The molecule has 2 N–H and O–H groups in total. The molecule has 0 bridgehead atoms. The fourth-order valence-electron chi connectivity index (χ4n) is 4.53. The Morgan fingerprint density at radius 1 is 1.03 bits per heavy atom. The summed E-state index contributed by atoms with van der Waals surface area (Å²) in [6, 6.07) is 21.8. The molecule has 0 spiro atoms. The molecule has 8 nitrogen and oxygen atoms in total. The Kier molecular flexibility index (Phi) is 7.10. The Morgan fingerprint density at radius 2 is 1.72 bits per heavy atom. The van der Waals surface area contributed by atoms with Gasteiger partial charge in [-0.3, -0.25) is 4.79 Å². The summed E-state index contributed by atoms with van der Waals surface area (Å²) in [7, 11) is 0. The van der Waals surface area contributed by atoms with Crippen LogP contribution in [0.5, 0.6) is 5.88 Å². The number of aromatic hydroxyl groups is 1. The number of nitrogens with zero attached hydrogens (tertiary/aromatic N) is 3. The van der Waals surface area contributed by atoms with Gasteiger partial charge < -0.3 is 15.2 Å². The molecule has 3 aromatic carbocycles. The molecule has 0 saturated heterocycles. The quantitative estimate of drug-likeness (QED) is 0.255. The lowest BCUT2D eigenvalue weighted by atomic mass is 10.1. The SMILES string of the molecule is CCOC(=O)C1=C(CC)Nc2ccccc2N=C1N=Cc1c(O)n(-c2ccc(C)cc2)c(=O)c2ccccc12. The fourth-order valence-corrected chi connectivity index (χ4v) is 4.53. The Morgan fingerprint density at radius 3 is 2.44 bits per heavy atom. The molecule has 8 heteroatoms. The molecule has 0 radical (unpaired) electrons. The van der Waals surface area contributed by atoms with Crippen molar-refractivity contribution < 1.29 is 14.6 Å². The van der Waals surface area contributed by atoms with Crippen LogP contribution in [0.25, 0.3) is 16.5 Å². The summed E-state index contributed by atoms with van der Waals surface area (Å²) in [4.78, 5) is 35.9. The second-order valence-electron chi connectivity index (χ2n) is 9.02. The molecular formula is C31H28N4O4. The van der Waals surface area contributed by atoms with E-state index in [0.717, 1.165) is 11.3 Å². The van der Waals surface area contributed by atoms with Crippen LogP contribution in [0.4, 0.5) is 11.4 Å². The number of aliphatic imine (C=N–C) groups is 2. The standard InChI is InChI=1S/C31H28N4O4/c1-4-24-27(31(38)39-5-2)28(34-26-13-9-8-12-25(26)33-24)32-18-23-21-10-6-7-11-22(21)29(36)35(30(23)37)20-16-14-19(3)15-17-20/h6-18,33,37H,4-5H2,1-3H3. The zero-order valence-corrected chi connectivity index (χ0v) is 21.9. The molecular weight excluding hydrogens is 492 g/mol. The van der Waals surface area contributed by atoms with Gasteiger partial charge in [0.2, 0.25) is 5.88 Å². The number of allylic oxidation sites excluding steroid dienone is 1. The first-order valence-electron chi connectivity index (χ1n) is 12.8. The maximum Gasteiger partial charge on any atom is 0.343 e. The minimum Gasteiger partial charge on any atom is -0.494 e. The van der Waals surface area contributed by atoms with Gasteiger partial charge in [0.1, 0.15) is 5.57 Å². The van der Waals surface area contributed by atoms with Gasteiger partial charge in [-0.25, -0.2) is 19.3 Å². The minimum atomic E-state index is -0.552. The second-order valence-corrected chi connectivity index (χ2v) is 9.02. The van der Waals surface area contributed by atoms with E-state index in [2.05, 4.69) is 10.3 Å². The average molecular weight is 521 g/mol. The lowest BCUT2D eigenvalue weighted by molar-refractivity contribution is -0.137. The highest BCUT2D eigenvalue weighted by Crippen LogP contribution is 2.32. The topological polar surface area (TPSA) is 105 Å². The second kappa shape index (κ2) is 10.8. The summed E-state index contributed by atoms with van der Waals surface area (Å²) < 4.78 is 6.62. The Labute approximate surface area is 225 Å². The Bertz CT molecular complexity index is 1730. The van der Waals surface area contributed by atoms with Crippen LogP contribution in [0.2, 0.25) is 0 Å². The highest BCUT2D eigenvalue weighted by molar-refractivity contribution is 6.23. The summed E-state index contributed by atoms with van der Waals surface area (Å²) in [6.45, 7) is 5.80. The number of benzene rings is 3. The van der Waals surface area contributed by atoms with Crippen molar-refractivity contribution >= 4 is 40.2 Å². The largest absolute Gasteiger partial charge is 0.494 e. The third kappa shape index (κ3) is 4.84. The molecule has 0 aliphatic carbocycles. The van der Waals surface area contributed by atoms with Crippen LogP contribution in [0.3, 0.4) is 0 Å². The van der Waals surface area contributed by atoms with Crippen LogP contribution in [0.1, 0.15) is 31.4 Å². The highest BCUT2D eigenvalue weighted by Gasteiger charge is 2.26. The summed E-state index contributed by atoms with van der Waals surface area (Å²) in [5.41, 5.74) is 3.69. The Balaban J connectivity index is 1.74. The molecule has 196 valence electrons. The van der Waals surface area contributed by atoms with Crippen molar-refractivity contribution in [1.82, 2.24) is 4.57 Å². The number of ether oxygens (including phenoxy) is 1. The number of para-hydroxylation sites is 2. The molecule has 0 atom stereocenters. The van der Waals surface area contributed by atoms with Gasteiger partial charge in [0.25, 0.3) is 5.56 Å². The zero-order chi connectivity index (χ0) is 27.5. The number of esters is 1. The number of carbonyl (C=O) groups is 1. The predicted molar refractivity (Wildman–Crippen MR) is 155 cm³/mol. The van der Waals surface area contributed by atoms with E-state index in [0.29, 0.717) is 39.8 Å². The predicted octanol–water partition coefficient (Wildman–Crippen LogP) is 5.81. The third-order valence-electron chi connectivity index (χ3n) is 6.49. The number of anilines is 1. The van der Waals surface area contributed by atoms with Crippen LogP contribution in [-0.4, -0.2) is 34.3 Å². The highest BCUT2D eigenvalue weighted by atomic mass is 16.5. The number of nitrogens with one attached hydrogen (secondary N) is 1. The van der Waals surface area contributed by atoms with Crippen molar-refractivity contribution in [1.29, 1.82) is 0 Å². The van der Waals surface area contributed by atoms with Gasteiger partial charge in [-0.2, -0.15) is 0 Å². The number of rotatable bonds is 5. The lowest BCUT2D eigenvalue weighted by Crippen LogP contribution is -2.21. The zero-order valence-electron chi connectivity index (χ0n) is 21.9. The van der Waals surface area contributed by atoms with Crippen molar-refractivity contribution in [3.05, 3.63) is 106 Å². The number of hydrogen-bond donors (Lipinski definition) is 2. The molecule has 0 unspecified atom stereocenters. The van der Waals surface area contributed by atoms with Gasteiger partial charge in [-0.15, -0.1) is 0 Å². The number of pyridine rings is 1. The number of aromatic nitrogens is 1. The minimum absolute atomic E-state index is 0.138. The van der Waals surface area contributed by atoms with Crippen LogP contribution in [-0.2, 0) is 9.53 Å². The molecule has 39 heavy (non-hydrogen) atoms. The average Bonchev–Trinajstić information content (AvgIpc) is 3.10. The van der Waals surface area contributed by atoms with Crippen molar-refractivity contribution in [3.63, 3.8) is 0 Å². The smallest absolute Gasteiger partial charge is 0.343 e. The molecule has 0 fully saturated rings. The van der Waals surface area contributed by atoms with Gasteiger partial charge in [0.15, 0.2) is 5.84 Å². The van der Waals surface area contributed by atoms with Crippen LogP contribution in [0, 0.1) is 6.92 Å².